The van der Waals surface area contributed by atoms with Gasteiger partial charge in [-0.15, -0.1) is 10.2 Å². The van der Waals surface area contributed by atoms with Crippen LogP contribution in [0.5, 0.6) is 5.75 Å². The van der Waals surface area contributed by atoms with Crippen molar-refractivity contribution in [1.82, 2.24) is 15.4 Å². The highest BCUT2D eigenvalue weighted by molar-refractivity contribution is 7.99. The number of amides is 1. The van der Waals surface area contributed by atoms with Crippen LogP contribution in [-0.2, 0) is 11.4 Å². The summed E-state index contributed by atoms with van der Waals surface area (Å²) in [6.45, 7) is 3.90. The van der Waals surface area contributed by atoms with E-state index in [1.807, 2.05) is 31.2 Å². The quantitative estimate of drug-likeness (QED) is 0.641. The molecule has 0 saturated carbocycles. The van der Waals surface area contributed by atoms with Crippen LogP contribution in [0.1, 0.15) is 17.2 Å². The zero-order chi connectivity index (χ0) is 17.6. The van der Waals surface area contributed by atoms with E-state index >= 15 is 0 Å². The van der Waals surface area contributed by atoms with Gasteiger partial charge in [-0.2, -0.15) is 0 Å². The van der Waals surface area contributed by atoms with Crippen molar-refractivity contribution in [1.29, 1.82) is 0 Å². The van der Waals surface area contributed by atoms with Crippen molar-refractivity contribution in [3.63, 3.8) is 0 Å². The molecule has 1 aromatic carbocycles. The minimum atomic E-state index is -0.242. The molecule has 0 atom stereocenters. The Hall–Kier alpha value is -2.81. The summed E-state index contributed by atoms with van der Waals surface area (Å²) < 4.78 is 15.9. The molecule has 130 valence electrons. The largest absolute Gasteiger partial charge is 0.484 e. The van der Waals surface area contributed by atoms with Gasteiger partial charge < -0.3 is 19.0 Å². The fourth-order valence-electron chi connectivity index (χ4n) is 1.94. The number of nitrogens with zero attached hydrogens (tertiary/aromatic N) is 3. The second kappa shape index (κ2) is 7.84. The van der Waals surface area contributed by atoms with Crippen molar-refractivity contribution in [2.45, 2.75) is 25.7 Å². The number of hydrogen-bond acceptors (Lipinski definition) is 8. The van der Waals surface area contributed by atoms with Gasteiger partial charge in [-0.3, -0.25) is 4.79 Å². The number of nitrogens with one attached hydrogen (secondary N) is 1. The fraction of sp³-hybridized carbons (Fsp3) is 0.250. The Balaban J connectivity index is 1.45. The summed E-state index contributed by atoms with van der Waals surface area (Å²) in [6.07, 6.45) is 0. The maximum absolute atomic E-state index is 11.8. The number of aryl methyl sites for hydroxylation is 2. The fourth-order valence-corrected chi connectivity index (χ4v) is 2.52. The number of rotatable bonds is 7. The van der Waals surface area contributed by atoms with Gasteiger partial charge in [-0.05, 0) is 31.5 Å². The number of ether oxygens (including phenoxy) is 1. The lowest BCUT2D eigenvalue weighted by Gasteiger charge is -2.03. The number of carbonyl (C=O) groups is 1. The van der Waals surface area contributed by atoms with Crippen LogP contribution >= 0.6 is 11.8 Å². The topological polar surface area (TPSA) is 103 Å². The maximum Gasteiger partial charge on any atom is 0.277 e. The molecule has 0 aliphatic carbocycles. The van der Waals surface area contributed by atoms with Gasteiger partial charge in [-0.25, -0.2) is 0 Å². The summed E-state index contributed by atoms with van der Waals surface area (Å²) in [5.41, 5.74) is 1.10. The molecule has 0 unspecified atom stereocenters. The molecule has 1 amide bonds. The first-order valence-electron chi connectivity index (χ1n) is 7.46. The van der Waals surface area contributed by atoms with Crippen molar-refractivity contribution < 1.29 is 18.5 Å². The number of aromatic nitrogens is 3. The number of carbonyl (C=O) groups excluding carboxylic acids is 1. The van der Waals surface area contributed by atoms with Crippen molar-refractivity contribution in [2.24, 2.45) is 0 Å². The number of anilines is 1. The molecule has 0 fully saturated rings. The van der Waals surface area contributed by atoms with Crippen LogP contribution in [0.3, 0.4) is 0 Å². The second-order valence-corrected chi connectivity index (χ2v) is 6.15. The third kappa shape index (κ3) is 5.08. The van der Waals surface area contributed by atoms with Crippen LogP contribution in [-0.4, -0.2) is 27.0 Å². The Morgan fingerprint density at radius 3 is 2.92 bits per heavy atom. The minimum Gasteiger partial charge on any atom is -0.484 e. The smallest absolute Gasteiger partial charge is 0.277 e. The van der Waals surface area contributed by atoms with Crippen LogP contribution in [0.15, 0.2) is 44.5 Å². The predicted molar refractivity (Wildman–Crippen MR) is 90.4 cm³/mol. The van der Waals surface area contributed by atoms with Gasteiger partial charge >= 0.3 is 0 Å². The first-order chi connectivity index (χ1) is 12.1. The first-order valence-corrected chi connectivity index (χ1v) is 8.45. The molecule has 2 heterocycles. The molecule has 0 bridgehead atoms. The van der Waals surface area contributed by atoms with Gasteiger partial charge in [0, 0.05) is 6.07 Å². The van der Waals surface area contributed by atoms with Crippen LogP contribution in [0.2, 0.25) is 0 Å². The molecule has 3 rings (SSSR count). The summed E-state index contributed by atoms with van der Waals surface area (Å²) in [6, 6.07) is 9.31. The van der Waals surface area contributed by atoms with Gasteiger partial charge in [0.2, 0.25) is 5.91 Å². The molecule has 3 aromatic rings. The summed E-state index contributed by atoms with van der Waals surface area (Å²) in [5, 5.41) is 14.4. The summed E-state index contributed by atoms with van der Waals surface area (Å²) >= 11 is 1.13. The Bertz CT molecular complexity index is 861. The van der Waals surface area contributed by atoms with Gasteiger partial charge in [-0.1, -0.05) is 29.1 Å². The van der Waals surface area contributed by atoms with E-state index in [2.05, 4.69) is 20.7 Å². The number of benzene rings is 1. The van der Waals surface area contributed by atoms with E-state index in [0.717, 1.165) is 23.1 Å². The summed E-state index contributed by atoms with van der Waals surface area (Å²) in [7, 11) is 0. The van der Waals surface area contributed by atoms with E-state index in [1.54, 1.807) is 13.0 Å². The minimum absolute atomic E-state index is 0.117. The van der Waals surface area contributed by atoms with Gasteiger partial charge in [0.1, 0.15) is 11.5 Å². The Labute approximate surface area is 147 Å². The third-order valence-electron chi connectivity index (χ3n) is 3.02. The molecule has 25 heavy (non-hydrogen) atoms. The zero-order valence-corrected chi connectivity index (χ0v) is 14.5. The molecular weight excluding hydrogens is 344 g/mol. The molecule has 0 aliphatic heterocycles. The van der Waals surface area contributed by atoms with Gasteiger partial charge in [0.15, 0.2) is 12.4 Å². The first kappa shape index (κ1) is 17.0. The third-order valence-corrected chi connectivity index (χ3v) is 3.84. The van der Waals surface area contributed by atoms with Crippen molar-refractivity contribution in [2.75, 3.05) is 11.1 Å². The molecule has 0 aliphatic rings. The lowest BCUT2D eigenvalue weighted by atomic mass is 10.2. The van der Waals surface area contributed by atoms with E-state index in [9.17, 15) is 4.79 Å². The van der Waals surface area contributed by atoms with E-state index in [-0.39, 0.29) is 18.3 Å². The van der Waals surface area contributed by atoms with Crippen molar-refractivity contribution in [3.8, 4) is 5.75 Å². The lowest BCUT2D eigenvalue weighted by Crippen LogP contribution is -2.14. The maximum atomic E-state index is 11.8. The average Bonchev–Trinajstić information content (AvgIpc) is 3.20. The van der Waals surface area contributed by atoms with Crippen molar-refractivity contribution >= 4 is 23.5 Å². The highest BCUT2D eigenvalue weighted by Gasteiger charge is 2.11. The molecule has 0 spiro atoms. The van der Waals surface area contributed by atoms with Crippen LogP contribution < -0.4 is 10.1 Å². The molecule has 1 N–H and O–H groups in total. The summed E-state index contributed by atoms with van der Waals surface area (Å²) in [5.74, 6) is 1.95. The molecule has 2 aromatic heterocycles. The lowest BCUT2D eigenvalue weighted by molar-refractivity contribution is -0.113. The Kier molecular flexibility index (Phi) is 5.34. The standard InChI is InChI=1S/C16H16N4O4S/c1-10-4-3-5-12(6-10)22-8-15-18-19-16(23-15)25-9-14(21)17-13-7-11(2)24-20-13/h3-7H,8-9H2,1-2H3,(H,17,20,21). The highest BCUT2D eigenvalue weighted by Crippen LogP contribution is 2.18. The second-order valence-electron chi connectivity index (χ2n) is 5.23. The number of thioether (sulfide) groups is 1. The van der Waals surface area contributed by atoms with Crippen molar-refractivity contribution in [3.05, 3.63) is 47.5 Å². The SMILES string of the molecule is Cc1cccc(OCc2nnc(SCC(=O)Nc3cc(C)on3)o2)c1. The molecule has 0 radical (unpaired) electrons. The Morgan fingerprint density at radius 2 is 2.16 bits per heavy atom. The van der Waals surface area contributed by atoms with Crippen LogP contribution in [0.25, 0.3) is 0 Å². The molecule has 9 heteroatoms. The monoisotopic (exact) mass is 360 g/mol. The van der Waals surface area contributed by atoms with Gasteiger partial charge in [0.25, 0.3) is 11.1 Å². The van der Waals surface area contributed by atoms with Gasteiger partial charge in [0.05, 0.1) is 5.75 Å². The normalized spacial score (nSPS) is 10.6. The van der Waals surface area contributed by atoms with E-state index < -0.39 is 0 Å². The summed E-state index contributed by atoms with van der Waals surface area (Å²) in [4.78, 5) is 11.8. The Morgan fingerprint density at radius 1 is 1.28 bits per heavy atom. The van der Waals surface area contributed by atoms with Crippen LogP contribution in [0, 0.1) is 13.8 Å². The zero-order valence-electron chi connectivity index (χ0n) is 13.7. The number of hydrogen-bond donors (Lipinski definition) is 1. The predicted octanol–water partition coefficient (Wildman–Crippen LogP) is 2.98. The van der Waals surface area contributed by atoms with E-state index in [4.69, 9.17) is 13.7 Å². The molecular formula is C16H16N4O4S. The van der Waals surface area contributed by atoms with E-state index in [1.165, 1.54) is 0 Å². The van der Waals surface area contributed by atoms with Crippen LogP contribution in [0.4, 0.5) is 5.82 Å². The molecule has 8 nitrogen and oxygen atoms in total. The highest BCUT2D eigenvalue weighted by atomic mass is 32.2. The van der Waals surface area contributed by atoms with E-state index in [0.29, 0.717) is 22.7 Å². The average molecular weight is 360 g/mol. The molecule has 0 saturated heterocycles.